The average molecular weight is 351 g/mol. The third-order valence-corrected chi connectivity index (χ3v) is 5.20. The van der Waals surface area contributed by atoms with Crippen molar-refractivity contribution in [2.75, 3.05) is 26.0 Å². The summed E-state index contributed by atoms with van der Waals surface area (Å²) in [5, 5.41) is 11.8. The van der Waals surface area contributed by atoms with E-state index in [9.17, 15) is 13.2 Å². The summed E-state index contributed by atoms with van der Waals surface area (Å²) in [5.74, 6) is -0.737. The summed E-state index contributed by atoms with van der Waals surface area (Å²) >= 11 is 0. The van der Waals surface area contributed by atoms with Crippen molar-refractivity contribution in [1.29, 1.82) is 5.26 Å². The van der Waals surface area contributed by atoms with Crippen molar-refractivity contribution in [3.05, 3.63) is 35.0 Å². The van der Waals surface area contributed by atoms with Crippen LogP contribution in [0.5, 0.6) is 0 Å². The average Bonchev–Trinajstić information content (AvgIpc) is 2.51. The molecule has 0 aliphatic rings. The van der Waals surface area contributed by atoms with Gasteiger partial charge in [0.05, 0.1) is 11.5 Å². The first kappa shape index (κ1) is 19.7. The number of hydrogen-bond donors (Lipinski definition) is 1. The lowest BCUT2D eigenvalue weighted by molar-refractivity contribution is -0.138. The minimum Gasteiger partial charge on any atom is -0.462 e. The highest BCUT2D eigenvalue weighted by Crippen LogP contribution is 2.25. The van der Waals surface area contributed by atoms with Crippen LogP contribution in [-0.2, 0) is 19.6 Å². The molecule has 0 saturated carbocycles. The number of carbonyl (C=O) groups excluding carboxylic acids is 1. The zero-order valence-electron chi connectivity index (χ0n) is 14.4. The van der Waals surface area contributed by atoms with Gasteiger partial charge in [0.25, 0.3) is 0 Å². The van der Waals surface area contributed by atoms with Gasteiger partial charge in [-0.2, -0.15) is 5.26 Å². The van der Waals surface area contributed by atoms with Gasteiger partial charge in [-0.3, -0.25) is 0 Å². The smallest absolute Gasteiger partial charge is 0.350 e. The highest BCUT2D eigenvalue weighted by Gasteiger charge is 2.19. The number of nitrogens with zero attached hydrogens (tertiary/aromatic N) is 2. The molecule has 8 heteroatoms. The largest absolute Gasteiger partial charge is 0.462 e. The minimum atomic E-state index is -3.59. The number of nitriles is 1. The van der Waals surface area contributed by atoms with Crippen LogP contribution in [0.1, 0.15) is 18.1 Å². The quantitative estimate of drug-likeness (QED) is 0.478. The van der Waals surface area contributed by atoms with E-state index in [0.717, 1.165) is 15.4 Å². The van der Waals surface area contributed by atoms with Crippen molar-refractivity contribution < 1.29 is 17.9 Å². The number of benzene rings is 1. The standard InChI is InChI=1S/C16H21N3O4S/c1-6-23-16(20)13(9-17)10-18-15-8-14(7-11(2)12(15)3)24(21,22)19(4)5/h7-8,10,18H,6H2,1-5H3/b13-10+. The Hall–Kier alpha value is -2.37. The van der Waals surface area contributed by atoms with Gasteiger partial charge in [0.1, 0.15) is 6.07 Å². The van der Waals surface area contributed by atoms with E-state index < -0.39 is 16.0 Å². The molecule has 1 rings (SSSR count). The molecule has 1 aromatic carbocycles. The molecule has 0 aliphatic carbocycles. The molecular formula is C16H21N3O4S. The molecule has 0 bridgehead atoms. The van der Waals surface area contributed by atoms with E-state index in [4.69, 9.17) is 10.00 Å². The van der Waals surface area contributed by atoms with Crippen LogP contribution in [0.4, 0.5) is 5.69 Å². The van der Waals surface area contributed by atoms with Gasteiger partial charge in [0.2, 0.25) is 10.0 Å². The molecule has 0 atom stereocenters. The molecule has 0 unspecified atom stereocenters. The molecular weight excluding hydrogens is 330 g/mol. The fraction of sp³-hybridized carbons (Fsp3) is 0.375. The normalized spacial score (nSPS) is 12.0. The maximum Gasteiger partial charge on any atom is 0.350 e. The fourth-order valence-corrected chi connectivity index (χ4v) is 2.85. The van der Waals surface area contributed by atoms with Crippen LogP contribution in [0.25, 0.3) is 0 Å². The number of nitrogens with one attached hydrogen (secondary N) is 1. The summed E-state index contributed by atoms with van der Waals surface area (Å²) in [7, 11) is -0.691. The Morgan fingerprint density at radius 3 is 2.50 bits per heavy atom. The molecule has 0 spiro atoms. The van der Waals surface area contributed by atoms with E-state index >= 15 is 0 Å². The summed E-state index contributed by atoms with van der Waals surface area (Å²) in [5.41, 5.74) is 1.87. The van der Waals surface area contributed by atoms with Crippen LogP contribution in [0.2, 0.25) is 0 Å². The highest BCUT2D eigenvalue weighted by atomic mass is 32.2. The number of rotatable bonds is 6. The molecule has 0 fully saturated rings. The van der Waals surface area contributed by atoms with Crippen LogP contribution in [0, 0.1) is 25.2 Å². The Balaban J connectivity index is 3.28. The maximum absolute atomic E-state index is 12.3. The van der Waals surface area contributed by atoms with Crippen LogP contribution in [0.3, 0.4) is 0 Å². The van der Waals surface area contributed by atoms with Crippen LogP contribution < -0.4 is 5.32 Å². The van der Waals surface area contributed by atoms with Crippen molar-refractivity contribution in [3.8, 4) is 6.07 Å². The van der Waals surface area contributed by atoms with Gasteiger partial charge in [-0.1, -0.05) is 0 Å². The number of sulfonamides is 1. The lowest BCUT2D eigenvalue weighted by Gasteiger charge is -2.16. The van der Waals surface area contributed by atoms with Gasteiger partial charge in [-0.25, -0.2) is 17.5 Å². The Bertz CT molecular complexity index is 805. The molecule has 130 valence electrons. The second-order valence-corrected chi connectivity index (χ2v) is 7.39. The minimum absolute atomic E-state index is 0.126. The molecule has 7 nitrogen and oxygen atoms in total. The van der Waals surface area contributed by atoms with Gasteiger partial charge < -0.3 is 10.1 Å². The van der Waals surface area contributed by atoms with Gasteiger partial charge in [0.15, 0.2) is 5.57 Å². The Kier molecular flexibility index (Phi) is 6.51. The van der Waals surface area contributed by atoms with E-state index in [-0.39, 0.29) is 17.1 Å². The van der Waals surface area contributed by atoms with E-state index in [1.54, 1.807) is 26.0 Å². The third kappa shape index (κ3) is 4.34. The number of esters is 1. The van der Waals surface area contributed by atoms with Gasteiger partial charge in [-0.15, -0.1) is 0 Å². The Morgan fingerprint density at radius 2 is 2.00 bits per heavy atom. The van der Waals surface area contributed by atoms with E-state index in [1.807, 2.05) is 6.92 Å². The lowest BCUT2D eigenvalue weighted by atomic mass is 10.1. The number of aryl methyl sites for hydroxylation is 1. The number of ether oxygens (including phenoxy) is 1. The third-order valence-electron chi connectivity index (χ3n) is 3.41. The highest BCUT2D eigenvalue weighted by molar-refractivity contribution is 7.89. The van der Waals surface area contributed by atoms with Gasteiger partial charge >= 0.3 is 5.97 Å². The van der Waals surface area contributed by atoms with Crippen molar-refractivity contribution in [2.24, 2.45) is 0 Å². The first-order chi connectivity index (χ1) is 11.1. The predicted molar refractivity (Wildman–Crippen MR) is 90.7 cm³/mol. The molecule has 24 heavy (non-hydrogen) atoms. The Labute approximate surface area is 142 Å². The lowest BCUT2D eigenvalue weighted by Crippen LogP contribution is -2.22. The summed E-state index contributed by atoms with van der Waals surface area (Å²) in [4.78, 5) is 11.7. The van der Waals surface area contributed by atoms with Crippen molar-refractivity contribution >= 4 is 21.7 Å². The molecule has 0 amide bonds. The fourth-order valence-electron chi connectivity index (χ4n) is 1.83. The molecule has 0 heterocycles. The molecule has 0 radical (unpaired) electrons. The number of carbonyl (C=O) groups is 1. The topological polar surface area (TPSA) is 99.5 Å². The van der Waals surface area contributed by atoms with E-state index in [2.05, 4.69) is 5.32 Å². The van der Waals surface area contributed by atoms with Crippen LogP contribution >= 0.6 is 0 Å². The first-order valence-corrected chi connectivity index (χ1v) is 8.66. The SMILES string of the molecule is CCOC(=O)/C(C#N)=C/Nc1cc(S(=O)(=O)N(C)C)cc(C)c1C. The zero-order valence-corrected chi connectivity index (χ0v) is 15.2. The molecule has 1 N–H and O–H groups in total. The van der Waals surface area contributed by atoms with Crippen molar-refractivity contribution in [2.45, 2.75) is 25.7 Å². The van der Waals surface area contributed by atoms with Crippen LogP contribution in [0.15, 0.2) is 28.8 Å². The number of hydrogen-bond acceptors (Lipinski definition) is 6. The second kappa shape index (κ2) is 7.95. The summed E-state index contributed by atoms with van der Waals surface area (Å²) in [6.07, 6.45) is 1.21. The molecule has 0 saturated heterocycles. The van der Waals surface area contributed by atoms with E-state index in [0.29, 0.717) is 5.69 Å². The molecule has 0 aliphatic heterocycles. The monoisotopic (exact) mass is 351 g/mol. The Morgan fingerprint density at radius 1 is 1.38 bits per heavy atom. The maximum atomic E-state index is 12.3. The van der Waals surface area contributed by atoms with Crippen molar-refractivity contribution in [1.82, 2.24) is 4.31 Å². The summed E-state index contributed by atoms with van der Waals surface area (Å²) in [6.45, 7) is 5.40. The van der Waals surface area contributed by atoms with Crippen LogP contribution in [-0.4, -0.2) is 39.4 Å². The molecule has 1 aromatic rings. The van der Waals surface area contributed by atoms with E-state index in [1.165, 1.54) is 26.4 Å². The number of anilines is 1. The van der Waals surface area contributed by atoms with Crippen molar-refractivity contribution in [3.63, 3.8) is 0 Å². The van der Waals surface area contributed by atoms with Gasteiger partial charge in [0, 0.05) is 26.0 Å². The zero-order chi connectivity index (χ0) is 18.5. The molecule has 0 aromatic heterocycles. The van der Waals surface area contributed by atoms with Gasteiger partial charge in [-0.05, 0) is 44.0 Å². The first-order valence-electron chi connectivity index (χ1n) is 7.22. The summed E-state index contributed by atoms with van der Waals surface area (Å²) in [6, 6.07) is 4.80. The second-order valence-electron chi connectivity index (χ2n) is 5.23. The predicted octanol–water partition coefficient (Wildman–Crippen LogP) is 1.94. The summed E-state index contributed by atoms with van der Waals surface area (Å²) < 4.78 is 30.5.